The van der Waals surface area contributed by atoms with Gasteiger partial charge in [-0.05, 0) is 45.4 Å². The second kappa shape index (κ2) is 4.47. The summed E-state index contributed by atoms with van der Waals surface area (Å²) in [5.41, 5.74) is -0.328. The number of nitrogens with zero attached hydrogens (tertiary/aromatic N) is 2. The zero-order valence-electron chi connectivity index (χ0n) is 11.9. The van der Waals surface area contributed by atoms with Crippen LogP contribution in [0.25, 0.3) is 0 Å². The van der Waals surface area contributed by atoms with E-state index in [1.54, 1.807) is 0 Å². The van der Waals surface area contributed by atoms with E-state index in [1.807, 2.05) is 4.90 Å². The lowest BCUT2D eigenvalue weighted by molar-refractivity contribution is 0.0853. The Kier molecular flexibility index (Phi) is 3.04. The van der Waals surface area contributed by atoms with Crippen LogP contribution in [0.5, 0.6) is 0 Å². The molecule has 5 heteroatoms. The van der Waals surface area contributed by atoms with Gasteiger partial charge >= 0.3 is 6.03 Å². The van der Waals surface area contributed by atoms with E-state index in [0.717, 1.165) is 32.5 Å². The van der Waals surface area contributed by atoms with Crippen molar-refractivity contribution in [2.45, 2.75) is 51.1 Å². The minimum absolute atomic E-state index is 0.0464. The second-order valence-electron chi connectivity index (χ2n) is 6.52. The molecule has 0 aromatic carbocycles. The third-order valence-corrected chi connectivity index (χ3v) is 4.95. The number of piperidine rings is 1. The first kappa shape index (κ1) is 12.9. The molecular weight excluding hydrogens is 240 g/mol. The van der Waals surface area contributed by atoms with Crippen LogP contribution in [0, 0.1) is 11.3 Å². The molecule has 2 amide bonds. The summed E-state index contributed by atoms with van der Waals surface area (Å²) in [4.78, 5) is 16.5. The highest BCUT2D eigenvalue weighted by Gasteiger charge is 2.52. The fraction of sp³-hybridized carbons (Fsp3) is 0.857. The predicted molar refractivity (Wildman–Crippen MR) is 74.4 cm³/mol. The number of carbonyl (C=O) groups excluding carboxylic acids is 1. The van der Waals surface area contributed by atoms with Gasteiger partial charge in [-0.3, -0.25) is 10.7 Å². The van der Waals surface area contributed by atoms with Crippen LogP contribution in [-0.2, 0) is 0 Å². The zero-order valence-corrected chi connectivity index (χ0v) is 11.9. The van der Waals surface area contributed by atoms with E-state index in [1.165, 1.54) is 12.8 Å². The number of amides is 2. The van der Waals surface area contributed by atoms with Crippen molar-refractivity contribution in [3.8, 4) is 0 Å². The van der Waals surface area contributed by atoms with Crippen molar-refractivity contribution in [1.82, 2.24) is 15.1 Å². The Morgan fingerprint density at radius 1 is 1.37 bits per heavy atom. The zero-order chi connectivity index (χ0) is 13.6. The lowest BCUT2D eigenvalue weighted by Gasteiger charge is -2.44. The molecule has 3 rings (SSSR count). The topological polar surface area (TPSA) is 59.4 Å². The van der Waals surface area contributed by atoms with Gasteiger partial charge in [-0.2, -0.15) is 0 Å². The molecule has 5 nitrogen and oxygen atoms in total. The molecule has 0 aromatic heterocycles. The van der Waals surface area contributed by atoms with Crippen LogP contribution in [0.2, 0.25) is 0 Å². The van der Waals surface area contributed by atoms with Crippen molar-refractivity contribution in [1.29, 1.82) is 5.41 Å². The molecule has 3 aliphatic rings. The number of urea groups is 1. The van der Waals surface area contributed by atoms with Crippen LogP contribution >= 0.6 is 0 Å². The highest BCUT2D eigenvalue weighted by atomic mass is 16.2. The molecule has 1 spiro atoms. The van der Waals surface area contributed by atoms with E-state index in [2.05, 4.69) is 24.1 Å². The summed E-state index contributed by atoms with van der Waals surface area (Å²) in [6, 6.07) is 0.503. The van der Waals surface area contributed by atoms with E-state index in [4.69, 9.17) is 5.41 Å². The monoisotopic (exact) mass is 264 g/mol. The largest absolute Gasteiger partial charge is 0.323 e. The second-order valence-corrected chi connectivity index (χ2v) is 6.52. The number of nitrogens with one attached hydrogen (secondary N) is 2. The fourth-order valence-corrected chi connectivity index (χ4v) is 3.37. The van der Waals surface area contributed by atoms with Crippen molar-refractivity contribution >= 4 is 11.9 Å². The number of hydrogen-bond acceptors (Lipinski definition) is 3. The molecule has 0 atom stereocenters. The molecular formula is C14H24N4O. The minimum atomic E-state index is -0.328. The maximum absolute atomic E-state index is 12.1. The lowest BCUT2D eigenvalue weighted by Crippen LogP contribution is -2.57. The van der Waals surface area contributed by atoms with Crippen molar-refractivity contribution < 1.29 is 4.79 Å². The third-order valence-electron chi connectivity index (χ3n) is 4.95. The quantitative estimate of drug-likeness (QED) is 0.814. The Labute approximate surface area is 114 Å². The fourth-order valence-electron chi connectivity index (χ4n) is 3.37. The van der Waals surface area contributed by atoms with Crippen molar-refractivity contribution in [2.75, 3.05) is 19.6 Å². The Bertz CT molecular complexity index is 394. The Morgan fingerprint density at radius 2 is 2.00 bits per heavy atom. The van der Waals surface area contributed by atoms with Gasteiger partial charge in [-0.25, -0.2) is 4.79 Å². The highest BCUT2D eigenvalue weighted by Crippen LogP contribution is 2.38. The summed E-state index contributed by atoms with van der Waals surface area (Å²) >= 11 is 0. The highest BCUT2D eigenvalue weighted by molar-refractivity contribution is 6.08. The van der Waals surface area contributed by atoms with E-state index in [-0.39, 0.29) is 11.6 Å². The standard InChI is InChI=1S/C14H24N4O/c1-10(2)17-7-5-14(6-8-17)12(15)16-13(19)18(14)9-11-3-4-11/h10-11H,3-9H2,1-2H3,(H2,15,16,19). The number of likely N-dealkylation sites (tertiary alicyclic amines) is 1. The van der Waals surface area contributed by atoms with Crippen LogP contribution in [-0.4, -0.2) is 52.9 Å². The minimum Gasteiger partial charge on any atom is -0.311 e. The van der Waals surface area contributed by atoms with Gasteiger partial charge in [0.05, 0.1) is 0 Å². The summed E-state index contributed by atoms with van der Waals surface area (Å²) < 4.78 is 0. The Hall–Kier alpha value is -1.10. The number of carbonyl (C=O) groups is 1. The van der Waals surface area contributed by atoms with Crippen LogP contribution in [0.3, 0.4) is 0 Å². The van der Waals surface area contributed by atoms with E-state index in [9.17, 15) is 4.79 Å². The molecule has 2 saturated heterocycles. The van der Waals surface area contributed by atoms with Crippen LogP contribution in [0.4, 0.5) is 4.79 Å². The van der Waals surface area contributed by atoms with Gasteiger partial charge in [0.2, 0.25) is 0 Å². The molecule has 2 aliphatic heterocycles. The molecule has 3 fully saturated rings. The number of rotatable bonds is 3. The van der Waals surface area contributed by atoms with Gasteiger partial charge < -0.3 is 9.80 Å². The average molecular weight is 264 g/mol. The molecule has 0 radical (unpaired) electrons. The van der Waals surface area contributed by atoms with Crippen molar-refractivity contribution in [2.24, 2.45) is 5.92 Å². The van der Waals surface area contributed by atoms with Crippen LogP contribution in [0.15, 0.2) is 0 Å². The molecule has 19 heavy (non-hydrogen) atoms. The summed E-state index contributed by atoms with van der Waals surface area (Å²) in [6.45, 7) is 7.23. The first-order valence-corrected chi connectivity index (χ1v) is 7.44. The molecule has 0 aromatic rings. The van der Waals surface area contributed by atoms with Gasteiger partial charge in [0.25, 0.3) is 0 Å². The summed E-state index contributed by atoms with van der Waals surface area (Å²) in [6.07, 6.45) is 4.28. The molecule has 1 saturated carbocycles. The van der Waals surface area contributed by atoms with E-state index in [0.29, 0.717) is 17.8 Å². The molecule has 0 unspecified atom stereocenters. The van der Waals surface area contributed by atoms with Gasteiger partial charge in [-0.15, -0.1) is 0 Å². The SMILES string of the molecule is CC(C)N1CCC2(CC1)C(=N)NC(=O)N2CC1CC1. The number of amidine groups is 1. The van der Waals surface area contributed by atoms with Gasteiger partial charge in [0, 0.05) is 25.7 Å². The Morgan fingerprint density at radius 3 is 2.53 bits per heavy atom. The molecule has 106 valence electrons. The van der Waals surface area contributed by atoms with Gasteiger partial charge in [-0.1, -0.05) is 0 Å². The van der Waals surface area contributed by atoms with E-state index < -0.39 is 0 Å². The maximum Gasteiger partial charge on any atom is 0.323 e. The van der Waals surface area contributed by atoms with Crippen LogP contribution in [0.1, 0.15) is 39.5 Å². The van der Waals surface area contributed by atoms with E-state index >= 15 is 0 Å². The molecule has 2 heterocycles. The maximum atomic E-state index is 12.1. The normalized spacial score (nSPS) is 27.4. The summed E-state index contributed by atoms with van der Waals surface area (Å²) in [7, 11) is 0. The lowest BCUT2D eigenvalue weighted by atomic mass is 9.85. The molecule has 2 N–H and O–H groups in total. The molecule has 1 aliphatic carbocycles. The third kappa shape index (κ3) is 2.14. The summed E-state index contributed by atoms with van der Waals surface area (Å²) in [5, 5.41) is 11.0. The predicted octanol–water partition coefficient (Wildman–Crippen LogP) is 1.64. The summed E-state index contributed by atoms with van der Waals surface area (Å²) in [5.74, 6) is 1.11. The number of hydrogen-bond donors (Lipinski definition) is 2. The van der Waals surface area contributed by atoms with Crippen molar-refractivity contribution in [3.63, 3.8) is 0 Å². The first-order chi connectivity index (χ1) is 9.03. The van der Waals surface area contributed by atoms with Crippen LogP contribution < -0.4 is 5.32 Å². The Balaban J connectivity index is 1.76. The molecule has 0 bridgehead atoms. The van der Waals surface area contributed by atoms with Gasteiger partial charge in [0.15, 0.2) is 0 Å². The average Bonchev–Trinajstić information content (AvgIpc) is 3.16. The first-order valence-electron chi connectivity index (χ1n) is 7.44. The van der Waals surface area contributed by atoms with Crippen molar-refractivity contribution in [3.05, 3.63) is 0 Å². The van der Waals surface area contributed by atoms with Gasteiger partial charge in [0.1, 0.15) is 11.4 Å². The smallest absolute Gasteiger partial charge is 0.311 e.